The number of thioether (sulfide) groups is 1. The standard InChI is InChI=1S/C16H20BrNO2S/c1-20-15(19)16(11-2-3-11,18-13-6-7-13)10-21-14-8-4-12(17)5-9-14/h4-5,8-9,11,13,18H,2-3,6-7,10H2,1H3. The third kappa shape index (κ3) is 3.63. The normalized spacial score (nSPS) is 20.9. The molecule has 3 rings (SSSR count). The van der Waals surface area contributed by atoms with Crippen LogP contribution in [0.1, 0.15) is 25.7 Å². The molecule has 2 fully saturated rings. The topological polar surface area (TPSA) is 38.3 Å². The Morgan fingerprint density at radius 2 is 2.00 bits per heavy atom. The van der Waals surface area contributed by atoms with Gasteiger partial charge in [-0.1, -0.05) is 15.9 Å². The Hall–Kier alpha value is -0.520. The Morgan fingerprint density at radius 1 is 1.33 bits per heavy atom. The minimum Gasteiger partial charge on any atom is -0.468 e. The highest BCUT2D eigenvalue weighted by Crippen LogP contribution is 2.44. The Bertz CT molecular complexity index is 514. The lowest BCUT2D eigenvalue weighted by Gasteiger charge is -2.32. The summed E-state index contributed by atoms with van der Waals surface area (Å²) in [6.07, 6.45) is 4.59. The zero-order valence-corrected chi connectivity index (χ0v) is 14.5. The first-order valence-corrected chi connectivity index (χ1v) is 9.16. The van der Waals surface area contributed by atoms with Crippen LogP contribution in [0.15, 0.2) is 33.6 Å². The summed E-state index contributed by atoms with van der Waals surface area (Å²) in [6.45, 7) is 0. The smallest absolute Gasteiger partial charge is 0.327 e. The monoisotopic (exact) mass is 369 g/mol. The fourth-order valence-corrected chi connectivity index (χ4v) is 4.06. The number of hydrogen-bond donors (Lipinski definition) is 1. The molecule has 0 amide bonds. The van der Waals surface area contributed by atoms with Crippen LogP contribution in [-0.2, 0) is 9.53 Å². The minimum atomic E-state index is -0.506. The fraction of sp³-hybridized carbons (Fsp3) is 0.562. The highest BCUT2D eigenvalue weighted by molar-refractivity contribution is 9.10. The summed E-state index contributed by atoms with van der Waals surface area (Å²) < 4.78 is 6.20. The Balaban J connectivity index is 1.74. The molecule has 1 aromatic rings. The lowest BCUT2D eigenvalue weighted by molar-refractivity contribution is -0.148. The van der Waals surface area contributed by atoms with Crippen LogP contribution in [0.4, 0.5) is 0 Å². The number of halogens is 1. The second-order valence-electron chi connectivity index (χ2n) is 5.90. The summed E-state index contributed by atoms with van der Waals surface area (Å²) in [7, 11) is 1.50. The maximum atomic E-state index is 12.4. The van der Waals surface area contributed by atoms with E-state index in [2.05, 4.69) is 33.4 Å². The van der Waals surface area contributed by atoms with Crippen molar-refractivity contribution in [3.05, 3.63) is 28.7 Å². The van der Waals surface area contributed by atoms with Gasteiger partial charge in [-0.25, -0.2) is 0 Å². The molecule has 0 bridgehead atoms. The molecule has 21 heavy (non-hydrogen) atoms. The van der Waals surface area contributed by atoms with E-state index in [0.29, 0.717) is 12.0 Å². The van der Waals surface area contributed by atoms with Crippen molar-refractivity contribution in [1.29, 1.82) is 0 Å². The SMILES string of the molecule is COC(=O)C(CSc1ccc(Br)cc1)(NC1CC1)C1CC1. The van der Waals surface area contributed by atoms with Gasteiger partial charge in [-0.3, -0.25) is 10.1 Å². The first-order chi connectivity index (χ1) is 10.1. The average molecular weight is 370 g/mol. The van der Waals surface area contributed by atoms with Gasteiger partial charge in [0.2, 0.25) is 0 Å². The van der Waals surface area contributed by atoms with Gasteiger partial charge in [0.05, 0.1) is 7.11 Å². The van der Waals surface area contributed by atoms with Crippen molar-refractivity contribution >= 4 is 33.7 Å². The summed E-state index contributed by atoms with van der Waals surface area (Å²) in [5.74, 6) is 1.07. The summed E-state index contributed by atoms with van der Waals surface area (Å²) in [4.78, 5) is 13.6. The number of nitrogens with one attached hydrogen (secondary N) is 1. The molecule has 5 heteroatoms. The highest BCUT2D eigenvalue weighted by atomic mass is 79.9. The molecular formula is C16H20BrNO2S. The first kappa shape index (κ1) is 15.4. The van der Waals surface area contributed by atoms with Crippen LogP contribution >= 0.6 is 27.7 Å². The molecule has 0 saturated heterocycles. The molecule has 2 aliphatic rings. The van der Waals surface area contributed by atoms with E-state index in [-0.39, 0.29) is 5.97 Å². The molecule has 3 nitrogen and oxygen atoms in total. The molecule has 0 aliphatic heterocycles. The number of rotatable bonds is 7. The number of esters is 1. The second-order valence-corrected chi connectivity index (χ2v) is 7.86. The molecule has 0 spiro atoms. The van der Waals surface area contributed by atoms with Gasteiger partial charge in [-0.2, -0.15) is 0 Å². The second kappa shape index (κ2) is 6.31. The average Bonchev–Trinajstić information content (AvgIpc) is 3.37. The van der Waals surface area contributed by atoms with Crippen molar-refractivity contribution in [2.45, 2.75) is 42.2 Å². The zero-order valence-electron chi connectivity index (χ0n) is 12.1. The van der Waals surface area contributed by atoms with Gasteiger partial charge in [0, 0.05) is 21.2 Å². The molecule has 1 aromatic carbocycles. The molecular weight excluding hydrogens is 350 g/mol. The van der Waals surface area contributed by atoms with Crippen LogP contribution in [0.25, 0.3) is 0 Å². The summed E-state index contributed by atoms with van der Waals surface area (Å²) >= 11 is 5.18. The maximum Gasteiger partial charge on any atom is 0.327 e. The summed E-state index contributed by atoms with van der Waals surface area (Å²) in [5.41, 5.74) is -0.506. The number of carbonyl (C=O) groups excluding carboxylic acids is 1. The van der Waals surface area contributed by atoms with E-state index in [9.17, 15) is 4.79 Å². The first-order valence-electron chi connectivity index (χ1n) is 7.38. The van der Waals surface area contributed by atoms with Crippen molar-refractivity contribution in [3.8, 4) is 0 Å². The van der Waals surface area contributed by atoms with Gasteiger partial charge >= 0.3 is 5.97 Å². The van der Waals surface area contributed by atoms with Crippen LogP contribution in [-0.4, -0.2) is 30.4 Å². The molecule has 0 heterocycles. The molecule has 1 N–H and O–H groups in total. The number of benzene rings is 1. The maximum absolute atomic E-state index is 12.4. The molecule has 2 saturated carbocycles. The number of hydrogen-bond acceptors (Lipinski definition) is 4. The Labute approximate surface area is 138 Å². The van der Waals surface area contributed by atoms with E-state index in [1.165, 1.54) is 24.8 Å². The third-order valence-electron chi connectivity index (χ3n) is 4.14. The number of methoxy groups -OCH3 is 1. The quantitative estimate of drug-likeness (QED) is 0.588. The van der Waals surface area contributed by atoms with E-state index < -0.39 is 5.54 Å². The van der Waals surface area contributed by atoms with E-state index >= 15 is 0 Å². The molecule has 0 aromatic heterocycles. The van der Waals surface area contributed by atoms with Gasteiger partial charge in [0.15, 0.2) is 0 Å². The van der Waals surface area contributed by atoms with E-state index in [0.717, 1.165) is 23.1 Å². The van der Waals surface area contributed by atoms with Gasteiger partial charge < -0.3 is 4.74 Å². The van der Waals surface area contributed by atoms with Crippen LogP contribution in [0.5, 0.6) is 0 Å². The molecule has 114 valence electrons. The van der Waals surface area contributed by atoms with Crippen molar-refractivity contribution < 1.29 is 9.53 Å². The largest absolute Gasteiger partial charge is 0.468 e. The van der Waals surface area contributed by atoms with E-state index in [4.69, 9.17) is 4.74 Å². The molecule has 1 unspecified atom stereocenters. The van der Waals surface area contributed by atoms with E-state index in [1.54, 1.807) is 11.8 Å². The van der Waals surface area contributed by atoms with Crippen molar-refractivity contribution in [2.75, 3.05) is 12.9 Å². The van der Waals surface area contributed by atoms with Crippen LogP contribution < -0.4 is 5.32 Å². The van der Waals surface area contributed by atoms with E-state index in [1.807, 2.05) is 12.1 Å². The molecule has 0 radical (unpaired) electrons. The Kier molecular flexibility index (Phi) is 4.62. The van der Waals surface area contributed by atoms with Gasteiger partial charge in [0.25, 0.3) is 0 Å². The molecule has 2 aliphatic carbocycles. The molecule has 1 atom stereocenters. The highest BCUT2D eigenvalue weighted by Gasteiger charge is 2.53. The number of ether oxygens (including phenoxy) is 1. The van der Waals surface area contributed by atoms with Crippen LogP contribution in [0, 0.1) is 5.92 Å². The van der Waals surface area contributed by atoms with Crippen molar-refractivity contribution in [3.63, 3.8) is 0 Å². The van der Waals surface area contributed by atoms with Gasteiger partial charge in [0.1, 0.15) is 5.54 Å². The lowest BCUT2D eigenvalue weighted by Crippen LogP contribution is -2.57. The van der Waals surface area contributed by atoms with Gasteiger partial charge in [-0.15, -0.1) is 11.8 Å². The lowest BCUT2D eigenvalue weighted by atomic mass is 9.95. The zero-order chi connectivity index (χ0) is 14.9. The third-order valence-corrected chi connectivity index (χ3v) is 5.88. The van der Waals surface area contributed by atoms with Crippen molar-refractivity contribution in [2.24, 2.45) is 5.92 Å². The summed E-state index contributed by atoms with van der Waals surface area (Å²) in [6, 6.07) is 8.73. The van der Waals surface area contributed by atoms with Gasteiger partial charge in [-0.05, 0) is 55.9 Å². The van der Waals surface area contributed by atoms with Crippen molar-refractivity contribution in [1.82, 2.24) is 5.32 Å². The van der Waals surface area contributed by atoms with Crippen LogP contribution in [0.2, 0.25) is 0 Å². The number of carbonyl (C=O) groups is 1. The summed E-state index contributed by atoms with van der Waals surface area (Å²) in [5, 5.41) is 3.59. The predicted molar refractivity (Wildman–Crippen MR) is 88.5 cm³/mol. The predicted octanol–water partition coefficient (Wildman–Crippen LogP) is 3.62. The minimum absolute atomic E-state index is 0.0958. The fourth-order valence-electron chi connectivity index (χ4n) is 2.64. The van der Waals surface area contributed by atoms with Crippen LogP contribution in [0.3, 0.4) is 0 Å². The Morgan fingerprint density at radius 3 is 2.52 bits per heavy atom.